The van der Waals surface area contributed by atoms with Gasteiger partial charge in [-0.1, -0.05) is 71.4 Å². The van der Waals surface area contributed by atoms with Crippen LogP contribution in [0.5, 0.6) is 0 Å². The molecule has 4 rings (SSSR count). The molecule has 3 nitrogen and oxygen atoms in total. The van der Waals surface area contributed by atoms with Crippen molar-refractivity contribution in [3.63, 3.8) is 0 Å². The van der Waals surface area contributed by atoms with E-state index in [0.717, 1.165) is 10.5 Å². The molecule has 0 saturated heterocycles. The molecule has 6 heteroatoms. The maximum Gasteiger partial charge on any atom is 0.272 e. The lowest BCUT2D eigenvalue weighted by Gasteiger charge is -2.16. The number of imide groups is 1. The van der Waals surface area contributed by atoms with Crippen molar-refractivity contribution in [3.8, 4) is 0 Å². The summed E-state index contributed by atoms with van der Waals surface area (Å²) in [6, 6.07) is 21.7. The van der Waals surface area contributed by atoms with Crippen molar-refractivity contribution in [2.75, 3.05) is 4.90 Å². The Hall–Kier alpha value is -2.53. The largest absolute Gasteiger partial charge is 0.272 e. The molecule has 3 aromatic carbocycles. The molecule has 0 aliphatic carbocycles. The van der Waals surface area contributed by atoms with Crippen LogP contribution in [0.15, 0.2) is 82.6 Å². The van der Waals surface area contributed by atoms with E-state index in [9.17, 15) is 9.59 Å². The molecule has 144 valence electrons. The van der Waals surface area contributed by atoms with Crippen molar-refractivity contribution in [2.24, 2.45) is 0 Å². The van der Waals surface area contributed by atoms with Crippen LogP contribution in [0.4, 0.5) is 5.69 Å². The van der Waals surface area contributed by atoms with Crippen molar-refractivity contribution in [2.45, 2.75) is 11.8 Å². The van der Waals surface area contributed by atoms with Crippen LogP contribution in [-0.2, 0) is 9.59 Å². The van der Waals surface area contributed by atoms with E-state index in [0.29, 0.717) is 26.2 Å². The topological polar surface area (TPSA) is 37.4 Å². The number of thioether (sulfide) groups is 1. The van der Waals surface area contributed by atoms with E-state index >= 15 is 0 Å². The van der Waals surface area contributed by atoms with Crippen LogP contribution < -0.4 is 4.90 Å². The average molecular weight is 440 g/mol. The van der Waals surface area contributed by atoms with Gasteiger partial charge in [-0.25, -0.2) is 4.90 Å². The van der Waals surface area contributed by atoms with Gasteiger partial charge >= 0.3 is 0 Å². The average Bonchev–Trinajstić information content (AvgIpc) is 2.93. The Morgan fingerprint density at radius 2 is 1.59 bits per heavy atom. The Balaban J connectivity index is 1.87. The molecule has 2 amide bonds. The van der Waals surface area contributed by atoms with E-state index in [4.69, 9.17) is 23.2 Å². The summed E-state index contributed by atoms with van der Waals surface area (Å²) >= 11 is 13.7. The lowest BCUT2D eigenvalue weighted by atomic mass is 10.1. The molecular formula is C23H15Cl2NO2S. The third kappa shape index (κ3) is 3.84. The zero-order valence-corrected chi connectivity index (χ0v) is 17.7. The lowest BCUT2D eigenvalue weighted by Crippen LogP contribution is -2.31. The van der Waals surface area contributed by atoms with Crippen molar-refractivity contribution >= 4 is 58.0 Å². The molecule has 1 aliphatic heterocycles. The fourth-order valence-electron chi connectivity index (χ4n) is 3.14. The molecule has 0 aromatic heterocycles. The quantitative estimate of drug-likeness (QED) is 0.442. The Kier molecular flexibility index (Phi) is 5.50. The predicted octanol–water partition coefficient (Wildman–Crippen LogP) is 6.38. The molecule has 0 fully saturated rings. The third-order valence-corrected chi connectivity index (χ3v) is 6.10. The number of halogens is 2. The molecule has 29 heavy (non-hydrogen) atoms. The van der Waals surface area contributed by atoms with Gasteiger partial charge in [-0.05, 0) is 48.9 Å². The summed E-state index contributed by atoms with van der Waals surface area (Å²) in [7, 11) is 0. The molecule has 0 N–H and O–H groups in total. The smallest absolute Gasteiger partial charge is 0.268 e. The van der Waals surface area contributed by atoms with Crippen LogP contribution in [0.3, 0.4) is 0 Å². The number of aryl methyl sites for hydroxylation is 1. The second-order valence-corrected chi connectivity index (χ2v) is 8.46. The number of hydrogen-bond acceptors (Lipinski definition) is 3. The first kappa shape index (κ1) is 19.8. The number of hydrogen-bond donors (Lipinski definition) is 0. The van der Waals surface area contributed by atoms with Gasteiger partial charge < -0.3 is 0 Å². The van der Waals surface area contributed by atoms with Gasteiger partial charge in [0.1, 0.15) is 0 Å². The minimum absolute atomic E-state index is 0.284. The Morgan fingerprint density at radius 1 is 0.828 bits per heavy atom. The first-order valence-corrected chi connectivity index (χ1v) is 10.4. The number of nitrogens with zero attached hydrogens (tertiary/aromatic N) is 1. The maximum atomic E-state index is 13.4. The standard InChI is InChI=1S/C23H15Cl2NO2S/c1-14-6-5-7-16(12-14)26-22(27)20(18-11-10-15(24)13-19(18)25)21(23(26)28)29-17-8-3-2-4-9-17/h2-13H,1H3. The summed E-state index contributed by atoms with van der Waals surface area (Å²) in [6.45, 7) is 1.92. The minimum atomic E-state index is -0.400. The summed E-state index contributed by atoms with van der Waals surface area (Å²) in [5.41, 5.74) is 2.26. The number of rotatable bonds is 4. The van der Waals surface area contributed by atoms with E-state index in [2.05, 4.69) is 0 Å². The third-order valence-electron chi connectivity index (χ3n) is 4.46. The lowest BCUT2D eigenvalue weighted by molar-refractivity contribution is -0.119. The first-order valence-electron chi connectivity index (χ1n) is 8.84. The second-order valence-electron chi connectivity index (χ2n) is 6.53. The molecule has 1 aliphatic rings. The Bertz CT molecular complexity index is 1160. The number of carbonyl (C=O) groups excluding carboxylic acids is 2. The number of amides is 2. The van der Waals surface area contributed by atoms with Crippen molar-refractivity contribution < 1.29 is 9.59 Å². The molecular weight excluding hydrogens is 425 g/mol. The summed E-state index contributed by atoms with van der Waals surface area (Å²) < 4.78 is 0. The second kappa shape index (κ2) is 8.07. The molecule has 1 heterocycles. The molecule has 0 radical (unpaired) electrons. The summed E-state index contributed by atoms with van der Waals surface area (Å²) in [5.74, 6) is -0.765. The van der Waals surface area contributed by atoms with Crippen LogP contribution in [0.2, 0.25) is 10.0 Å². The van der Waals surface area contributed by atoms with Crippen molar-refractivity contribution in [1.29, 1.82) is 0 Å². The van der Waals surface area contributed by atoms with E-state index in [1.165, 1.54) is 16.7 Å². The van der Waals surface area contributed by atoms with Crippen molar-refractivity contribution in [1.82, 2.24) is 0 Å². The Morgan fingerprint density at radius 3 is 2.28 bits per heavy atom. The van der Waals surface area contributed by atoms with E-state index in [-0.39, 0.29) is 11.5 Å². The Labute approximate surface area is 182 Å². The van der Waals surface area contributed by atoms with Gasteiger partial charge in [0.2, 0.25) is 0 Å². The SMILES string of the molecule is Cc1cccc(N2C(=O)C(Sc3ccccc3)=C(c3ccc(Cl)cc3Cl)C2=O)c1. The number of benzene rings is 3. The minimum Gasteiger partial charge on any atom is -0.268 e. The van der Waals surface area contributed by atoms with Gasteiger partial charge in [0, 0.05) is 15.5 Å². The summed E-state index contributed by atoms with van der Waals surface area (Å²) in [4.78, 5) is 29.2. The highest BCUT2D eigenvalue weighted by Gasteiger charge is 2.41. The van der Waals surface area contributed by atoms with Gasteiger partial charge in [0.25, 0.3) is 11.8 Å². The van der Waals surface area contributed by atoms with Crippen LogP contribution in [0.1, 0.15) is 11.1 Å². The normalized spacial score (nSPS) is 14.1. The molecule has 0 bridgehead atoms. The summed E-state index contributed by atoms with van der Waals surface area (Å²) in [5, 5.41) is 0.787. The highest BCUT2D eigenvalue weighted by molar-refractivity contribution is 8.04. The predicted molar refractivity (Wildman–Crippen MR) is 119 cm³/mol. The molecule has 0 unspecified atom stereocenters. The fraction of sp³-hybridized carbons (Fsp3) is 0.0435. The molecule has 0 atom stereocenters. The van der Waals surface area contributed by atoms with Crippen molar-refractivity contribution in [3.05, 3.63) is 98.9 Å². The number of anilines is 1. The number of carbonyl (C=O) groups is 2. The molecule has 3 aromatic rings. The molecule has 0 spiro atoms. The van der Waals surface area contributed by atoms with E-state index in [1.54, 1.807) is 24.3 Å². The highest BCUT2D eigenvalue weighted by Crippen LogP contribution is 2.43. The first-order chi connectivity index (χ1) is 14.0. The van der Waals surface area contributed by atoms with Crippen LogP contribution in [-0.4, -0.2) is 11.8 Å². The molecule has 0 saturated carbocycles. The monoisotopic (exact) mass is 439 g/mol. The van der Waals surface area contributed by atoms with Crippen LogP contribution in [0.25, 0.3) is 5.57 Å². The van der Waals surface area contributed by atoms with Crippen LogP contribution >= 0.6 is 35.0 Å². The zero-order valence-electron chi connectivity index (χ0n) is 15.4. The van der Waals surface area contributed by atoms with Gasteiger partial charge in [0.05, 0.1) is 21.2 Å². The highest BCUT2D eigenvalue weighted by atomic mass is 35.5. The van der Waals surface area contributed by atoms with Crippen LogP contribution in [0, 0.1) is 6.92 Å². The van der Waals surface area contributed by atoms with Gasteiger partial charge in [-0.2, -0.15) is 0 Å². The fourth-order valence-corrected chi connectivity index (χ4v) is 4.65. The van der Waals surface area contributed by atoms with Gasteiger partial charge in [-0.15, -0.1) is 0 Å². The van der Waals surface area contributed by atoms with Gasteiger partial charge in [0.15, 0.2) is 0 Å². The summed E-state index contributed by atoms with van der Waals surface area (Å²) in [6.07, 6.45) is 0. The maximum absolute atomic E-state index is 13.4. The zero-order chi connectivity index (χ0) is 20.5. The van der Waals surface area contributed by atoms with E-state index in [1.807, 2.05) is 55.5 Å². The van der Waals surface area contributed by atoms with Gasteiger partial charge in [-0.3, -0.25) is 9.59 Å². The van der Waals surface area contributed by atoms with E-state index < -0.39 is 5.91 Å².